The summed E-state index contributed by atoms with van der Waals surface area (Å²) in [6.45, 7) is 0. The fourth-order valence-electron chi connectivity index (χ4n) is 3.18. The predicted octanol–water partition coefficient (Wildman–Crippen LogP) is 2.34. The highest BCUT2D eigenvalue weighted by atomic mass is 16.1. The van der Waals surface area contributed by atoms with E-state index in [9.17, 15) is 4.79 Å². The Hall–Kier alpha value is -0.570. The summed E-state index contributed by atoms with van der Waals surface area (Å²) in [7, 11) is 0. The molecule has 1 amide bonds. The summed E-state index contributed by atoms with van der Waals surface area (Å²) in [5, 5.41) is 3.21. The third kappa shape index (κ3) is 3.70. The Balaban J connectivity index is 1.83. The number of hydrogen-bond acceptors (Lipinski definition) is 2. The zero-order chi connectivity index (χ0) is 12.1. The molecule has 0 aromatic carbocycles. The molecule has 2 fully saturated rings. The molecule has 3 nitrogen and oxygen atoms in total. The number of amides is 1. The zero-order valence-corrected chi connectivity index (χ0v) is 10.8. The second-order valence-corrected chi connectivity index (χ2v) is 5.75. The van der Waals surface area contributed by atoms with E-state index in [4.69, 9.17) is 5.73 Å². The molecule has 2 unspecified atom stereocenters. The SMILES string of the molecule is NC1CCCCCC1NC(=O)C1CCCCC1. The van der Waals surface area contributed by atoms with Crippen LogP contribution in [0.15, 0.2) is 0 Å². The molecule has 0 spiro atoms. The molecule has 0 bridgehead atoms. The molecule has 2 aliphatic rings. The molecule has 2 rings (SSSR count). The number of nitrogens with two attached hydrogens (primary N) is 1. The van der Waals surface area contributed by atoms with Crippen molar-refractivity contribution in [1.29, 1.82) is 0 Å². The summed E-state index contributed by atoms with van der Waals surface area (Å²) < 4.78 is 0. The lowest BCUT2D eigenvalue weighted by atomic mass is 9.88. The molecule has 17 heavy (non-hydrogen) atoms. The van der Waals surface area contributed by atoms with E-state index in [1.165, 1.54) is 38.5 Å². The number of hydrogen-bond donors (Lipinski definition) is 2. The van der Waals surface area contributed by atoms with Crippen molar-refractivity contribution in [2.75, 3.05) is 0 Å². The van der Waals surface area contributed by atoms with Gasteiger partial charge in [-0.2, -0.15) is 0 Å². The highest BCUT2D eigenvalue weighted by molar-refractivity contribution is 5.79. The van der Waals surface area contributed by atoms with Crippen LogP contribution in [0.3, 0.4) is 0 Å². The van der Waals surface area contributed by atoms with Gasteiger partial charge in [0.25, 0.3) is 0 Å². The van der Waals surface area contributed by atoms with Crippen LogP contribution in [0.25, 0.3) is 0 Å². The first-order valence-corrected chi connectivity index (χ1v) is 7.33. The van der Waals surface area contributed by atoms with E-state index in [2.05, 4.69) is 5.32 Å². The third-order valence-electron chi connectivity index (χ3n) is 4.37. The Kier molecular flexibility index (Phi) is 4.84. The lowest BCUT2D eigenvalue weighted by molar-refractivity contribution is -0.126. The number of nitrogens with one attached hydrogen (secondary N) is 1. The fraction of sp³-hybridized carbons (Fsp3) is 0.929. The Bertz CT molecular complexity index is 249. The van der Waals surface area contributed by atoms with Gasteiger partial charge in [0.1, 0.15) is 0 Å². The summed E-state index contributed by atoms with van der Waals surface area (Å²) in [5.74, 6) is 0.534. The van der Waals surface area contributed by atoms with Crippen molar-refractivity contribution in [1.82, 2.24) is 5.32 Å². The topological polar surface area (TPSA) is 55.1 Å². The molecule has 2 aliphatic carbocycles. The normalized spacial score (nSPS) is 31.8. The van der Waals surface area contributed by atoms with Gasteiger partial charge in [-0.05, 0) is 25.7 Å². The predicted molar refractivity (Wildman–Crippen MR) is 69.6 cm³/mol. The maximum atomic E-state index is 12.2. The summed E-state index contributed by atoms with van der Waals surface area (Å²) in [4.78, 5) is 12.2. The molecule has 0 aromatic heterocycles. The molecular formula is C14H26N2O. The van der Waals surface area contributed by atoms with E-state index in [-0.39, 0.29) is 23.9 Å². The fourth-order valence-corrected chi connectivity index (χ4v) is 3.18. The van der Waals surface area contributed by atoms with Crippen LogP contribution in [0.5, 0.6) is 0 Å². The average Bonchev–Trinajstić information content (AvgIpc) is 2.56. The summed E-state index contributed by atoms with van der Waals surface area (Å²) in [6, 6.07) is 0.400. The minimum atomic E-state index is 0.171. The van der Waals surface area contributed by atoms with Crippen molar-refractivity contribution in [2.45, 2.75) is 76.3 Å². The first kappa shape index (κ1) is 12.9. The maximum Gasteiger partial charge on any atom is 0.223 e. The first-order chi connectivity index (χ1) is 8.27. The van der Waals surface area contributed by atoms with Crippen LogP contribution in [0, 0.1) is 5.92 Å². The van der Waals surface area contributed by atoms with Crippen LogP contribution in [-0.4, -0.2) is 18.0 Å². The van der Waals surface area contributed by atoms with Gasteiger partial charge < -0.3 is 11.1 Å². The van der Waals surface area contributed by atoms with E-state index in [0.29, 0.717) is 0 Å². The monoisotopic (exact) mass is 238 g/mol. The van der Waals surface area contributed by atoms with Crippen LogP contribution in [0.4, 0.5) is 0 Å². The molecule has 2 saturated carbocycles. The van der Waals surface area contributed by atoms with Gasteiger partial charge in [-0.25, -0.2) is 0 Å². The standard InChI is InChI=1S/C14H26N2O/c15-12-9-5-2-6-10-13(12)16-14(17)11-7-3-1-4-8-11/h11-13H,1-10,15H2,(H,16,17). The maximum absolute atomic E-state index is 12.2. The highest BCUT2D eigenvalue weighted by Crippen LogP contribution is 2.24. The van der Waals surface area contributed by atoms with Crippen molar-refractivity contribution < 1.29 is 4.79 Å². The van der Waals surface area contributed by atoms with E-state index in [1.54, 1.807) is 0 Å². The van der Waals surface area contributed by atoms with E-state index >= 15 is 0 Å². The summed E-state index contributed by atoms with van der Waals surface area (Å²) in [5.41, 5.74) is 6.14. The van der Waals surface area contributed by atoms with Crippen LogP contribution < -0.4 is 11.1 Å². The molecular weight excluding hydrogens is 212 g/mol. The van der Waals surface area contributed by atoms with Crippen LogP contribution in [0.2, 0.25) is 0 Å². The van der Waals surface area contributed by atoms with Gasteiger partial charge in [-0.1, -0.05) is 38.5 Å². The molecule has 0 aromatic rings. The van der Waals surface area contributed by atoms with Gasteiger partial charge in [0.15, 0.2) is 0 Å². The number of carbonyl (C=O) groups is 1. The Morgan fingerprint density at radius 2 is 1.47 bits per heavy atom. The van der Waals surface area contributed by atoms with E-state index in [1.807, 2.05) is 0 Å². The third-order valence-corrected chi connectivity index (χ3v) is 4.37. The second-order valence-electron chi connectivity index (χ2n) is 5.75. The average molecular weight is 238 g/mol. The minimum absolute atomic E-state index is 0.171. The van der Waals surface area contributed by atoms with Crippen molar-refractivity contribution in [3.05, 3.63) is 0 Å². The zero-order valence-electron chi connectivity index (χ0n) is 10.8. The van der Waals surface area contributed by atoms with Crippen molar-refractivity contribution >= 4 is 5.91 Å². The molecule has 0 radical (unpaired) electrons. The molecule has 0 aliphatic heterocycles. The van der Waals surface area contributed by atoms with Crippen molar-refractivity contribution in [3.8, 4) is 0 Å². The summed E-state index contributed by atoms with van der Waals surface area (Å²) >= 11 is 0. The Morgan fingerprint density at radius 1 is 0.882 bits per heavy atom. The number of rotatable bonds is 2. The molecule has 3 N–H and O–H groups in total. The highest BCUT2D eigenvalue weighted by Gasteiger charge is 2.26. The second kappa shape index (κ2) is 6.39. The van der Waals surface area contributed by atoms with Crippen LogP contribution in [-0.2, 0) is 4.79 Å². The quantitative estimate of drug-likeness (QED) is 0.726. The molecule has 0 heterocycles. The van der Waals surface area contributed by atoms with E-state index < -0.39 is 0 Å². The molecule has 0 saturated heterocycles. The largest absolute Gasteiger partial charge is 0.352 e. The van der Waals surface area contributed by atoms with Gasteiger partial charge in [0.2, 0.25) is 5.91 Å². The lowest BCUT2D eigenvalue weighted by Gasteiger charge is -2.27. The first-order valence-electron chi connectivity index (χ1n) is 7.33. The van der Waals surface area contributed by atoms with Crippen molar-refractivity contribution in [3.63, 3.8) is 0 Å². The van der Waals surface area contributed by atoms with Crippen LogP contribution in [0.1, 0.15) is 64.2 Å². The van der Waals surface area contributed by atoms with Gasteiger partial charge in [0, 0.05) is 18.0 Å². The Morgan fingerprint density at radius 3 is 2.18 bits per heavy atom. The smallest absolute Gasteiger partial charge is 0.223 e. The van der Waals surface area contributed by atoms with Gasteiger partial charge >= 0.3 is 0 Å². The lowest BCUT2D eigenvalue weighted by Crippen LogP contribution is -2.48. The van der Waals surface area contributed by atoms with Crippen LogP contribution >= 0.6 is 0 Å². The molecule has 3 heteroatoms. The van der Waals surface area contributed by atoms with Gasteiger partial charge in [0.05, 0.1) is 0 Å². The minimum Gasteiger partial charge on any atom is -0.352 e. The van der Waals surface area contributed by atoms with Gasteiger partial charge in [-0.3, -0.25) is 4.79 Å². The van der Waals surface area contributed by atoms with Crippen molar-refractivity contribution in [2.24, 2.45) is 11.7 Å². The summed E-state index contributed by atoms with van der Waals surface area (Å²) in [6.07, 6.45) is 11.7. The van der Waals surface area contributed by atoms with Gasteiger partial charge in [-0.15, -0.1) is 0 Å². The molecule has 98 valence electrons. The molecule has 2 atom stereocenters. The number of carbonyl (C=O) groups excluding carboxylic acids is 1. The van der Waals surface area contributed by atoms with E-state index in [0.717, 1.165) is 25.7 Å². The Labute approximate surface area is 105 Å².